The monoisotopic (exact) mass is 297 g/mol. The molecule has 0 aromatic heterocycles. The van der Waals surface area contributed by atoms with Gasteiger partial charge < -0.3 is 9.90 Å². The van der Waals surface area contributed by atoms with Crippen molar-refractivity contribution in [2.75, 3.05) is 0 Å². The Morgan fingerprint density at radius 3 is 1.14 bits per heavy atom. The summed E-state index contributed by atoms with van der Waals surface area (Å²) in [5, 5.41) is 10.2. The number of hydrogen-bond donors (Lipinski definition) is 0. The predicted molar refractivity (Wildman–Crippen MR) is 84.6 cm³/mol. The van der Waals surface area contributed by atoms with Crippen molar-refractivity contribution in [2.24, 2.45) is 0 Å². The van der Waals surface area contributed by atoms with Crippen LogP contribution in [0.1, 0.15) is 110 Å². The molecule has 0 heterocycles. The van der Waals surface area contributed by atoms with Crippen LogP contribution in [-0.2, 0) is 4.79 Å². The van der Waals surface area contributed by atoms with Gasteiger partial charge in [-0.1, -0.05) is 96.8 Å². The molecule has 0 bridgehead atoms. The van der Waals surface area contributed by atoms with Crippen LogP contribution < -0.4 is 42.8 Å². The number of carbonyl (C=O) groups is 1. The molecule has 0 N–H and O–H groups in total. The normalized spacial score (nSPS) is 9.86. The van der Waals surface area contributed by atoms with Gasteiger partial charge in [-0.05, 0) is 12.8 Å². The van der Waals surface area contributed by atoms with Gasteiger partial charge in [0.1, 0.15) is 0 Å². The van der Waals surface area contributed by atoms with Crippen molar-refractivity contribution in [1.82, 2.24) is 0 Å². The van der Waals surface area contributed by atoms with Crippen molar-refractivity contribution in [1.29, 1.82) is 0 Å². The van der Waals surface area contributed by atoms with Crippen molar-refractivity contribution in [2.45, 2.75) is 110 Å². The first-order chi connectivity index (χ1) is 9.77. The predicted octanol–water partition coefficient (Wildman–Crippen LogP) is -0.994. The van der Waals surface area contributed by atoms with Crippen LogP contribution in [0.5, 0.6) is 0 Å². The molecule has 0 aromatic rings. The summed E-state index contributed by atoms with van der Waals surface area (Å²) in [5.41, 5.74) is 0. The number of carboxylic acid groups (broad SMARTS) is 1. The molecule has 0 saturated heterocycles. The van der Waals surface area contributed by atoms with E-state index in [-0.39, 0.29) is 44.1 Å². The average molecular weight is 297 g/mol. The summed E-state index contributed by atoms with van der Waals surface area (Å²) in [6.07, 6.45) is 19.9. The van der Waals surface area contributed by atoms with Crippen molar-refractivity contribution in [3.05, 3.63) is 0 Å². The van der Waals surface area contributed by atoms with Crippen molar-refractivity contribution < 1.29 is 47.6 Å². The van der Waals surface area contributed by atoms with Crippen LogP contribution in [0, 0.1) is 0 Å². The minimum Gasteiger partial charge on any atom is -0.550 e. The second kappa shape index (κ2) is 23.9. The molecule has 120 valence electrons. The molecule has 0 radical (unpaired) electrons. The summed E-state index contributed by atoms with van der Waals surface area (Å²) in [6.45, 7) is 2.27. The standard InChI is InChI=1S/C18H36O2.2Li/c1-2-3-4-5-6-7-8-9-10-11-12-13-14-15-16-17-18(19)20;;/h2-17H2,1H3,(H,19,20);;/q;2*+1/p-1. The molecule has 2 nitrogen and oxygen atoms in total. The molecule has 0 fully saturated rings. The number of aliphatic carboxylic acids is 1. The Morgan fingerprint density at radius 1 is 0.591 bits per heavy atom. The SMILES string of the molecule is CCCCCCCCCCCCCCCCCC(=O)[O-].[Li+].[Li+]. The summed E-state index contributed by atoms with van der Waals surface area (Å²) < 4.78 is 0. The van der Waals surface area contributed by atoms with Gasteiger partial charge in [-0.3, -0.25) is 0 Å². The van der Waals surface area contributed by atoms with Crippen LogP contribution >= 0.6 is 0 Å². The number of carbonyl (C=O) groups excluding carboxylic acids is 1. The van der Waals surface area contributed by atoms with Crippen molar-refractivity contribution in [3.63, 3.8) is 0 Å². The molecular formula is C18H35Li2O2+. The Kier molecular flexibility index (Phi) is 29.9. The van der Waals surface area contributed by atoms with E-state index in [0.717, 1.165) is 12.8 Å². The number of unbranched alkanes of at least 4 members (excludes halogenated alkanes) is 14. The molecule has 0 saturated carbocycles. The number of carboxylic acids is 1. The summed E-state index contributed by atoms with van der Waals surface area (Å²) in [6, 6.07) is 0. The van der Waals surface area contributed by atoms with Gasteiger partial charge in [-0.25, -0.2) is 0 Å². The van der Waals surface area contributed by atoms with Crippen LogP contribution in [0.3, 0.4) is 0 Å². The Bertz CT molecular complexity index is 211. The molecule has 0 aliphatic heterocycles. The number of hydrogen-bond acceptors (Lipinski definition) is 2. The maximum absolute atomic E-state index is 10.2. The van der Waals surface area contributed by atoms with Crippen LogP contribution in [0.15, 0.2) is 0 Å². The quantitative estimate of drug-likeness (QED) is 0.271. The third kappa shape index (κ3) is 25.6. The topological polar surface area (TPSA) is 40.1 Å². The second-order valence-corrected chi connectivity index (χ2v) is 6.07. The Morgan fingerprint density at radius 2 is 0.864 bits per heavy atom. The van der Waals surface area contributed by atoms with Gasteiger partial charge in [0, 0.05) is 5.97 Å². The molecular weight excluding hydrogens is 262 g/mol. The first-order valence-electron chi connectivity index (χ1n) is 8.97. The number of rotatable bonds is 16. The third-order valence-electron chi connectivity index (χ3n) is 3.98. The zero-order chi connectivity index (χ0) is 14.9. The van der Waals surface area contributed by atoms with Gasteiger partial charge in [0.05, 0.1) is 0 Å². The third-order valence-corrected chi connectivity index (χ3v) is 3.98. The smallest absolute Gasteiger partial charge is 0.550 e. The Balaban J connectivity index is -0.00000180. The van der Waals surface area contributed by atoms with E-state index in [2.05, 4.69) is 6.92 Å². The molecule has 0 unspecified atom stereocenters. The van der Waals surface area contributed by atoms with Crippen LogP contribution in [0.25, 0.3) is 0 Å². The maximum atomic E-state index is 10.2. The first-order valence-corrected chi connectivity index (χ1v) is 8.97. The fourth-order valence-electron chi connectivity index (χ4n) is 2.64. The van der Waals surface area contributed by atoms with Crippen molar-refractivity contribution >= 4 is 5.97 Å². The molecule has 0 aromatic carbocycles. The molecule has 0 spiro atoms. The Hall–Kier alpha value is 0.665. The Labute approximate surface area is 162 Å². The van der Waals surface area contributed by atoms with Crippen LogP contribution in [-0.4, -0.2) is 5.97 Å². The summed E-state index contributed by atoms with van der Waals surface area (Å²) >= 11 is 0. The fourth-order valence-corrected chi connectivity index (χ4v) is 2.64. The van der Waals surface area contributed by atoms with Crippen LogP contribution in [0.4, 0.5) is 0 Å². The van der Waals surface area contributed by atoms with E-state index >= 15 is 0 Å². The zero-order valence-corrected chi connectivity index (χ0v) is 15.6. The van der Waals surface area contributed by atoms with E-state index in [1.54, 1.807) is 0 Å². The minimum absolute atomic E-state index is 0. The van der Waals surface area contributed by atoms with E-state index in [1.165, 1.54) is 83.5 Å². The van der Waals surface area contributed by atoms with E-state index in [0.29, 0.717) is 0 Å². The van der Waals surface area contributed by atoms with Gasteiger partial charge in [-0.15, -0.1) is 0 Å². The average Bonchev–Trinajstić information content (AvgIpc) is 2.43. The minimum atomic E-state index is -0.903. The largest absolute Gasteiger partial charge is 1.00 e. The molecule has 4 heteroatoms. The summed E-state index contributed by atoms with van der Waals surface area (Å²) in [4.78, 5) is 10.2. The van der Waals surface area contributed by atoms with E-state index < -0.39 is 5.97 Å². The van der Waals surface area contributed by atoms with Gasteiger partial charge >= 0.3 is 37.7 Å². The van der Waals surface area contributed by atoms with Gasteiger partial charge in [0.25, 0.3) is 0 Å². The molecule has 0 amide bonds. The van der Waals surface area contributed by atoms with Crippen LogP contribution in [0.2, 0.25) is 0 Å². The summed E-state index contributed by atoms with van der Waals surface area (Å²) in [7, 11) is 0. The summed E-state index contributed by atoms with van der Waals surface area (Å²) in [5.74, 6) is -0.903. The van der Waals surface area contributed by atoms with Gasteiger partial charge in [0.2, 0.25) is 0 Å². The molecule has 22 heavy (non-hydrogen) atoms. The fraction of sp³-hybridized carbons (Fsp3) is 0.944. The molecule has 0 rings (SSSR count). The van der Waals surface area contributed by atoms with E-state index in [4.69, 9.17) is 0 Å². The second-order valence-electron chi connectivity index (χ2n) is 6.07. The van der Waals surface area contributed by atoms with E-state index in [1.807, 2.05) is 0 Å². The molecule has 0 aliphatic rings. The molecule has 0 atom stereocenters. The van der Waals surface area contributed by atoms with Gasteiger partial charge in [-0.2, -0.15) is 0 Å². The van der Waals surface area contributed by atoms with Gasteiger partial charge in [0.15, 0.2) is 0 Å². The first kappa shape index (κ1) is 27.5. The van der Waals surface area contributed by atoms with Crippen molar-refractivity contribution in [3.8, 4) is 0 Å². The zero-order valence-electron chi connectivity index (χ0n) is 15.6. The maximum Gasteiger partial charge on any atom is 1.00 e. The van der Waals surface area contributed by atoms with E-state index in [9.17, 15) is 9.90 Å². The molecule has 0 aliphatic carbocycles.